The topological polar surface area (TPSA) is 77.8 Å². The monoisotopic (exact) mass is 443 g/mol. The number of aliphatic hydroxyl groups is 1. The van der Waals surface area contributed by atoms with Gasteiger partial charge in [-0.15, -0.1) is 0 Å². The fraction of sp³-hybridized carbons (Fsp3) is 0.174. The number of aromatic hydroxyl groups is 1. The Morgan fingerprint density at radius 2 is 1.45 bits per heavy atom. The molecule has 1 fully saturated rings. The summed E-state index contributed by atoms with van der Waals surface area (Å²) in [6.45, 7) is 0. The van der Waals surface area contributed by atoms with Gasteiger partial charge in [-0.25, -0.2) is 8.78 Å². The zero-order valence-corrected chi connectivity index (χ0v) is 17.0. The predicted molar refractivity (Wildman–Crippen MR) is 113 cm³/mol. The number of nitrogens with zero attached hydrogens (tertiary/aromatic N) is 1. The number of aliphatic hydroxyl groups excluding tert-OH is 1. The normalized spacial score (nSPS) is 20.2. The first-order chi connectivity index (χ1) is 14.8. The summed E-state index contributed by atoms with van der Waals surface area (Å²) in [6.07, 6.45) is -1.13. The molecular weight excluding hydrogens is 424 g/mol. The van der Waals surface area contributed by atoms with Gasteiger partial charge in [0.2, 0.25) is 5.91 Å². The summed E-state index contributed by atoms with van der Waals surface area (Å²) in [5.41, 5.74) is 1.51. The molecule has 2 N–H and O–H groups in total. The Kier molecular flexibility index (Phi) is 5.84. The number of amides is 1. The van der Waals surface area contributed by atoms with Crippen LogP contribution >= 0.6 is 0 Å². The molecule has 2 unspecified atom stereocenters. The van der Waals surface area contributed by atoms with Crippen molar-refractivity contribution in [2.45, 2.75) is 17.4 Å². The molecule has 4 rings (SSSR count). The summed E-state index contributed by atoms with van der Waals surface area (Å²) in [5, 5.41) is 19.1. The lowest BCUT2D eigenvalue weighted by atomic mass is 9.92. The lowest BCUT2D eigenvalue weighted by molar-refractivity contribution is -0.123. The number of rotatable bonds is 6. The number of phenolic OH excluding ortho intramolecular Hbond substituents is 1. The zero-order chi connectivity index (χ0) is 22.1. The molecule has 0 aliphatic carbocycles. The second-order valence-corrected chi connectivity index (χ2v) is 8.86. The van der Waals surface area contributed by atoms with Gasteiger partial charge in [0, 0.05) is 16.5 Å². The van der Waals surface area contributed by atoms with Gasteiger partial charge < -0.3 is 15.1 Å². The molecule has 0 radical (unpaired) electrons. The smallest absolute Gasteiger partial charge is 0.245 e. The highest BCUT2D eigenvalue weighted by Gasteiger charge is 2.52. The molecule has 1 heterocycles. The Labute approximate surface area is 180 Å². The first-order valence-corrected chi connectivity index (χ1v) is 10.9. The lowest BCUT2D eigenvalue weighted by Crippen LogP contribution is -2.61. The maximum absolute atomic E-state index is 13.3. The van der Waals surface area contributed by atoms with Gasteiger partial charge in [0.15, 0.2) is 0 Å². The van der Waals surface area contributed by atoms with Gasteiger partial charge in [-0.3, -0.25) is 9.00 Å². The quantitative estimate of drug-likeness (QED) is 0.571. The molecule has 0 spiro atoms. The van der Waals surface area contributed by atoms with Crippen LogP contribution in [0.2, 0.25) is 0 Å². The van der Waals surface area contributed by atoms with Gasteiger partial charge in [-0.1, -0.05) is 24.3 Å². The second-order valence-electron chi connectivity index (χ2n) is 7.26. The van der Waals surface area contributed by atoms with E-state index in [1.807, 2.05) is 0 Å². The second kappa shape index (κ2) is 8.56. The molecule has 1 saturated heterocycles. The molecule has 1 aliphatic heterocycles. The Morgan fingerprint density at radius 1 is 0.903 bits per heavy atom. The Balaban J connectivity index is 1.61. The van der Waals surface area contributed by atoms with Crippen molar-refractivity contribution in [1.29, 1.82) is 0 Å². The molecule has 5 nitrogen and oxygen atoms in total. The van der Waals surface area contributed by atoms with E-state index in [9.17, 15) is 28.0 Å². The summed E-state index contributed by atoms with van der Waals surface area (Å²) in [6, 6.07) is 16.2. The van der Waals surface area contributed by atoms with Crippen LogP contribution in [0.1, 0.15) is 23.3 Å². The third-order valence-electron chi connectivity index (χ3n) is 5.25. The van der Waals surface area contributed by atoms with Gasteiger partial charge in [0.25, 0.3) is 0 Å². The van der Waals surface area contributed by atoms with E-state index in [-0.39, 0.29) is 11.5 Å². The van der Waals surface area contributed by atoms with Crippen LogP contribution in [0.4, 0.5) is 14.5 Å². The van der Waals surface area contributed by atoms with E-state index in [1.54, 1.807) is 12.1 Å². The van der Waals surface area contributed by atoms with Crippen molar-refractivity contribution in [3.63, 3.8) is 0 Å². The third kappa shape index (κ3) is 4.22. The van der Waals surface area contributed by atoms with Gasteiger partial charge in [-0.2, -0.15) is 0 Å². The fourth-order valence-electron chi connectivity index (χ4n) is 3.64. The highest BCUT2D eigenvalue weighted by Crippen LogP contribution is 2.42. The molecular formula is C23H19F2NO4S. The van der Waals surface area contributed by atoms with Crippen molar-refractivity contribution in [3.05, 3.63) is 95.6 Å². The van der Waals surface area contributed by atoms with Crippen molar-refractivity contribution >= 4 is 22.4 Å². The summed E-state index contributed by atoms with van der Waals surface area (Å²) in [5.74, 6) is -1.45. The number of carbonyl (C=O) groups excluding carboxylic acids is 1. The van der Waals surface area contributed by atoms with Gasteiger partial charge in [-0.05, 0) is 59.7 Å². The minimum Gasteiger partial charge on any atom is -0.508 e. The van der Waals surface area contributed by atoms with E-state index in [2.05, 4.69) is 0 Å². The summed E-state index contributed by atoms with van der Waals surface area (Å²) in [4.78, 5) is 14.4. The van der Waals surface area contributed by atoms with E-state index in [4.69, 9.17) is 0 Å². The minimum absolute atomic E-state index is 0.0483. The number of β-lactam (4-membered cyclic amide) rings is 1. The molecule has 8 heteroatoms. The number of hydrogen-bond donors (Lipinski definition) is 2. The molecule has 3 aromatic carbocycles. The Hall–Kier alpha value is -3.10. The number of carbonyl (C=O) groups is 1. The standard InChI is InChI=1S/C23H19F2NO4S/c24-16-5-1-14(2-6-16)20(28)13-31(30)22-21(15-3-11-19(27)12-4-15)26(23(22)29)18-9-7-17(25)8-10-18/h1-12,20-22,27-28H,13H2/t20-,21?,22?,31+/m0/s1. The SMILES string of the molecule is O=C1C([S@](=O)C[C@H](O)c2ccc(F)cc2)C(c2ccc(O)cc2)N1c1ccc(F)cc1. The van der Waals surface area contributed by atoms with E-state index in [0.717, 1.165) is 0 Å². The van der Waals surface area contributed by atoms with E-state index >= 15 is 0 Å². The molecule has 1 amide bonds. The molecule has 160 valence electrons. The van der Waals surface area contributed by atoms with Crippen LogP contribution in [0.3, 0.4) is 0 Å². The van der Waals surface area contributed by atoms with Crippen molar-refractivity contribution in [2.24, 2.45) is 0 Å². The van der Waals surface area contributed by atoms with Crippen LogP contribution in [-0.2, 0) is 15.6 Å². The van der Waals surface area contributed by atoms with Gasteiger partial charge >= 0.3 is 0 Å². The summed E-state index contributed by atoms with van der Waals surface area (Å²) in [7, 11) is -1.75. The predicted octanol–water partition coefficient (Wildman–Crippen LogP) is 3.61. The van der Waals surface area contributed by atoms with Crippen LogP contribution < -0.4 is 4.90 Å². The molecule has 0 saturated carbocycles. The van der Waals surface area contributed by atoms with Crippen LogP contribution in [0.5, 0.6) is 5.75 Å². The Morgan fingerprint density at radius 3 is 2.03 bits per heavy atom. The Bertz CT molecular complexity index is 1100. The number of halogens is 2. The lowest BCUT2D eigenvalue weighted by Gasteiger charge is -2.47. The van der Waals surface area contributed by atoms with Crippen LogP contribution in [0, 0.1) is 11.6 Å². The van der Waals surface area contributed by atoms with Crippen molar-refractivity contribution in [1.82, 2.24) is 0 Å². The maximum atomic E-state index is 13.3. The van der Waals surface area contributed by atoms with Crippen molar-refractivity contribution in [3.8, 4) is 5.75 Å². The zero-order valence-electron chi connectivity index (χ0n) is 16.2. The van der Waals surface area contributed by atoms with Crippen molar-refractivity contribution < 1.29 is 28.0 Å². The summed E-state index contributed by atoms with van der Waals surface area (Å²) < 4.78 is 39.5. The first kappa shape index (κ1) is 21.1. The van der Waals surface area contributed by atoms with E-state index < -0.39 is 45.7 Å². The number of hydrogen-bond acceptors (Lipinski definition) is 4. The van der Waals surface area contributed by atoms with E-state index in [0.29, 0.717) is 16.8 Å². The maximum Gasteiger partial charge on any atom is 0.245 e. The molecule has 31 heavy (non-hydrogen) atoms. The van der Waals surface area contributed by atoms with Crippen molar-refractivity contribution in [2.75, 3.05) is 10.7 Å². The van der Waals surface area contributed by atoms with E-state index in [1.165, 1.54) is 65.6 Å². The van der Waals surface area contributed by atoms with Crippen LogP contribution in [0.15, 0.2) is 72.8 Å². The number of benzene rings is 3. The largest absolute Gasteiger partial charge is 0.508 e. The molecule has 3 aromatic rings. The fourth-order valence-corrected chi connectivity index (χ4v) is 5.26. The molecule has 0 bridgehead atoms. The van der Waals surface area contributed by atoms with Gasteiger partial charge in [0.1, 0.15) is 22.6 Å². The highest BCUT2D eigenvalue weighted by atomic mass is 32.2. The third-order valence-corrected chi connectivity index (χ3v) is 6.92. The highest BCUT2D eigenvalue weighted by molar-refractivity contribution is 7.86. The number of anilines is 1. The average Bonchev–Trinajstić information content (AvgIpc) is 2.74. The average molecular weight is 443 g/mol. The molecule has 4 atom stereocenters. The number of phenols is 1. The van der Waals surface area contributed by atoms with Crippen LogP contribution in [0.25, 0.3) is 0 Å². The summed E-state index contributed by atoms with van der Waals surface area (Å²) >= 11 is 0. The molecule has 1 aliphatic rings. The van der Waals surface area contributed by atoms with Gasteiger partial charge in [0.05, 0.1) is 17.9 Å². The minimum atomic E-state index is -1.75. The molecule has 0 aromatic heterocycles. The van der Waals surface area contributed by atoms with Crippen LogP contribution in [-0.4, -0.2) is 31.3 Å². The first-order valence-electron chi connectivity index (χ1n) is 9.53.